The molecule has 1 spiro atoms. The first-order valence-electron chi connectivity index (χ1n) is 15.5. The Hall–Kier alpha value is -2.97. The highest BCUT2D eigenvalue weighted by Gasteiger charge is 2.72. The van der Waals surface area contributed by atoms with Crippen molar-refractivity contribution in [3.05, 3.63) is 54.6 Å². The van der Waals surface area contributed by atoms with Gasteiger partial charge in [-0.2, -0.15) is 0 Å². The maximum absolute atomic E-state index is 14.7. The summed E-state index contributed by atoms with van der Waals surface area (Å²) in [6, 6.07) is 8.68. The zero-order chi connectivity index (χ0) is 30.3. The molecule has 0 radical (unpaired) electrons. The van der Waals surface area contributed by atoms with Crippen molar-refractivity contribution in [3.8, 4) is 0 Å². The number of likely N-dealkylation sites (tertiary alicyclic amines) is 1. The molecule has 8 nitrogen and oxygen atoms in total. The van der Waals surface area contributed by atoms with Gasteiger partial charge in [-0.1, -0.05) is 76.1 Å². The number of carbonyl (C=O) groups excluding carboxylic acids is 3. The highest BCUT2D eigenvalue weighted by Crippen LogP contribution is 2.54. The van der Waals surface area contributed by atoms with Crippen LogP contribution in [0.1, 0.15) is 66.7 Å². The second kappa shape index (κ2) is 11.6. The van der Waals surface area contributed by atoms with Crippen LogP contribution in [0.3, 0.4) is 0 Å². The molecule has 2 saturated heterocycles. The number of benzene rings is 1. The molecule has 0 aliphatic carbocycles. The molecule has 0 aromatic heterocycles. The van der Waals surface area contributed by atoms with Gasteiger partial charge in [-0.3, -0.25) is 14.4 Å². The van der Waals surface area contributed by atoms with Crippen molar-refractivity contribution in [2.45, 2.75) is 90.0 Å². The van der Waals surface area contributed by atoms with Gasteiger partial charge in [-0.15, -0.1) is 0 Å². The lowest BCUT2D eigenvalue weighted by molar-refractivity contribution is -0.151. The molecule has 8 heteroatoms. The smallest absolute Gasteiger partial charge is 0.249 e. The lowest BCUT2D eigenvalue weighted by Gasteiger charge is -2.44. The van der Waals surface area contributed by atoms with Crippen molar-refractivity contribution >= 4 is 23.4 Å². The Balaban J connectivity index is 1.54. The molecule has 1 aromatic carbocycles. The van der Waals surface area contributed by atoms with E-state index in [9.17, 15) is 19.5 Å². The summed E-state index contributed by atoms with van der Waals surface area (Å²) in [5, 5.41) is 9.21. The van der Waals surface area contributed by atoms with Crippen LogP contribution in [0.15, 0.2) is 54.6 Å². The maximum atomic E-state index is 14.7. The second-order valence-corrected chi connectivity index (χ2v) is 14.1. The summed E-state index contributed by atoms with van der Waals surface area (Å²) >= 11 is 0. The molecule has 1 N–H and O–H groups in total. The number of hydrogen-bond donors (Lipinski definition) is 1. The van der Waals surface area contributed by atoms with Gasteiger partial charge in [0.25, 0.3) is 0 Å². The number of nitrogens with zero attached hydrogens (tertiary/aromatic N) is 3. The minimum absolute atomic E-state index is 0.00687. The normalized spacial score (nSPS) is 29.5. The van der Waals surface area contributed by atoms with Crippen LogP contribution in [-0.2, 0) is 19.1 Å². The zero-order valence-corrected chi connectivity index (χ0v) is 25.8. The molecule has 5 rings (SSSR count). The average Bonchev–Trinajstić information content (AvgIpc) is 3.22. The van der Waals surface area contributed by atoms with E-state index in [1.54, 1.807) is 9.80 Å². The van der Waals surface area contributed by atoms with E-state index >= 15 is 0 Å². The SMILES string of the molecule is CC(C)(C)CC(C)(C)N1CC=C[C@]23O[C@H]4C=CCN(c5ccccc5)C(=O)[C@H]4[C@H]2C(=O)N(CCCCCCO)C3C1=O. The van der Waals surface area contributed by atoms with E-state index in [1.807, 2.05) is 59.5 Å². The quantitative estimate of drug-likeness (QED) is 0.349. The third-order valence-corrected chi connectivity index (χ3v) is 9.23. The van der Waals surface area contributed by atoms with Crippen molar-refractivity contribution in [2.24, 2.45) is 17.3 Å². The third-order valence-electron chi connectivity index (χ3n) is 9.23. The maximum Gasteiger partial charge on any atom is 0.249 e. The number of fused-ring (bicyclic) bond motifs is 2. The van der Waals surface area contributed by atoms with Gasteiger partial charge in [0, 0.05) is 37.5 Å². The third kappa shape index (κ3) is 5.44. The number of hydrogen-bond acceptors (Lipinski definition) is 5. The first-order chi connectivity index (χ1) is 19.9. The Bertz CT molecular complexity index is 1240. The molecule has 1 aromatic rings. The van der Waals surface area contributed by atoms with Gasteiger partial charge in [0.1, 0.15) is 11.6 Å². The van der Waals surface area contributed by atoms with Crippen molar-refractivity contribution in [1.82, 2.24) is 9.80 Å². The van der Waals surface area contributed by atoms with Crippen molar-refractivity contribution in [2.75, 3.05) is 31.1 Å². The van der Waals surface area contributed by atoms with E-state index in [4.69, 9.17) is 4.74 Å². The summed E-state index contributed by atoms with van der Waals surface area (Å²) in [5.74, 6) is -1.97. The number of unbranched alkanes of at least 4 members (excludes halogenated alkanes) is 3. The zero-order valence-electron chi connectivity index (χ0n) is 25.8. The van der Waals surface area contributed by atoms with Gasteiger partial charge < -0.3 is 24.5 Å². The van der Waals surface area contributed by atoms with Crippen molar-refractivity contribution in [1.29, 1.82) is 0 Å². The van der Waals surface area contributed by atoms with E-state index in [2.05, 4.69) is 34.6 Å². The number of amides is 3. The lowest BCUT2D eigenvalue weighted by Crippen LogP contribution is -2.59. The van der Waals surface area contributed by atoms with E-state index in [0.29, 0.717) is 32.5 Å². The summed E-state index contributed by atoms with van der Waals surface area (Å²) < 4.78 is 6.81. The summed E-state index contributed by atoms with van der Waals surface area (Å²) in [6.45, 7) is 12.1. The van der Waals surface area contributed by atoms with Gasteiger partial charge in [0.2, 0.25) is 17.7 Å². The molecule has 3 amide bonds. The summed E-state index contributed by atoms with van der Waals surface area (Å²) in [7, 11) is 0. The van der Waals surface area contributed by atoms with Crippen LogP contribution in [0.4, 0.5) is 5.69 Å². The van der Waals surface area contributed by atoms with Gasteiger partial charge >= 0.3 is 0 Å². The Kier molecular flexibility index (Phi) is 8.42. The van der Waals surface area contributed by atoms with Crippen LogP contribution < -0.4 is 4.90 Å². The number of aliphatic hydroxyl groups excluding tert-OH is 1. The highest BCUT2D eigenvalue weighted by molar-refractivity contribution is 6.03. The molecule has 4 aliphatic rings. The van der Waals surface area contributed by atoms with Gasteiger partial charge in [0.15, 0.2) is 0 Å². The molecule has 4 aliphatic heterocycles. The number of carbonyl (C=O) groups is 3. The van der Waals surface area contributed by atoms with Crippen LogP contribution in [0, 0.1) is 17.3 Å². The minimum Gasteiger partial charge on any atom is -0.396 e. The first kappa shape index (κ1) is 30.5. The predicted octanol–water partition coefficient (Wildman–Crippen LogP) is 4.34. The molecule has 0 bridgehead atoms. The number of anilines is 1. The molecule has 4 heterocycles. The summed E-state index contributed by atoms with van der Waals surface area (Å²) in [4.78, 5) is 48.8. The van der Waals surface area contributed by atoms with E-state index < -0.39 is 35.1 Å². The molecule has 2 fully saturated rings. The van der Waals surface area contributed by atoms with E-state index in [-0.39, 0.29) is 29.7 Å². The number of ether oxygens (including phenoxy) is 1. The molecule has 1 unspecified atom stereocenters. The Morgan fingerprint density at radius 3 is 2.31 bits per heavy atom. The summed E-state index contributed by atoms with van der Waals surface area (Å²) in [6.07, 6.45) is 11.1. The van der Waals surface area contributed by atoms with E-state index in [0.717, 1.165) is 24.9 Å². The Morgan fingerprint density at radius 1 is 0.905 bits per heavy atom. The fraction of sp³-hybridized carbons (Fsp3) is 0.618. The van der Waals surface area contributed by atoms with Gasteiger partial charge in [-0.05, 0) is 50.7 Å². The van der Waals surface area contributed by atoms with Crippen molar-refractivity contribution < 1.29 is 24.2 Å². The Labute approximate surface area is 250 Å². The minimum atomic E-state index is -1.22. The van der Waals surface area contributed by atoms with Crippen LogP contribution in [0.25, 0.3) is 0 Å². The fourth-order valence-corrected chi connectivity index (χ4v) is 7.90. The first-order valence-corrected chi connectivity index (χ1v) is 15.5. The standard InChI is InChI=1S/C34H47N3O5/c1-32(2,3)23-33(4,5)37-21-14-18-34-27(30(40)36(28(34)31(37)41)19-11-6-7-12-22-38)26-25(42-34)17-13-20-35(29(26)39)24-15-9-8-10-16-24/h8-10,13-18,25-28,38H,6-7,11-12,19-23H2,1-5H3/t25-,26+,27-,28?,34-/m0/s1. The van der Waals surface area contributed by atoms with Crippen LogP contribution in [0.2, 0.25) is 0 Å². The average molecular weight is 578 g/mol. The highest BCUT2D eigenvalue weighted by atomic mass is 16.5. The van der Waals surface area contributed by atoms with Crippen molar-refractivity contribution in [3.63, 3.8) is 0 Å². The molecular weight excluding hydrogens is 530 g/mol. The van der Waals surface area contributed by atoms with Crippen LogP contribution in [-0.4, -0.2) is 82.2 Å². The predicted molar refractivity (Wildman–Crippen MR) is 163 cm³/mol. The number of para-hydroxylation sites is 1. The Morgan fingerprint density at radius 2 is 1.62 bits per heavy atom. The van der Waals surface area contributed by atoms with Crippen LogP contribution >= 0.6 is 0 Å². The largest absolute Gasteiger partial charge is 0.396 e. The van der Waals surface area contributed by atoms with E-state index in [1.165, 1.54) is 0 Å². The van der Waals surface area contributed by atoms with Gasteiger partial charge in [-0.25, -0.2) is 0 Å². The lowest BCUT2D eigenvalue weighted by atomic mass is 9.77. The monoisotopic (exact) mass is 577 g/mol. The fourth-order valence-electron chi connectivity index (χ4n) is 7.90. The topological polar surface area (TPSA) is 90.4 Å². The van der Waals surface area contributed by atoms with Gasteiger partial charge in [0.05, 0.1) is 17.9 Å². The van der Waals surface area contributed by atoms with Crippen LogP contribution in [0.5, 0.6) is 0 Å². The molecule has 0 saturated carbocycles. The summed E-state index contributed by atoms with van der Waals surface area (Å²) in [5.41, 5.74) is -0.908. The number of aliphatic hydroxyl groups is 1. The second-order valence-electron chi connectivity index (χ2n) is 14.1. The molecule has 228 valence electrons. The number of rotatable bonds is 9. The molecular formula is C34H47N3O5. The molecule has 5 atom stereocenters. The molecule has 42 heavy (non-hydrogen) atoms.